The van der Waals surface area contributed by atoms with Gasteiger partial charge in [0.2, 0.25) is 11.8 Å². The molecular weight excluding hydrogens is 240 g/mol. The van der Waals surface area contributed by atoms with Crippen molar-refractivity contribution in [3.63, 3.8) is 0 Å². The highest BCUT2D eigenvalue weighted by Crippen LogP contribution is 2.24. The number of carbonyl (C=O) groups is 2. The molecule has 0 aromatic heterocycles. The number of hydrogen-bond acceptors (Lipinski definition) is 2. The van der Waals surface area contributed by atoms with Crippen LogP contribution in [0, 0.1) is 13.8 Å². The molecule has 0 saturated carbocycles. The summed E-state index contributed by atoms with van der Waals surface area (Å²) in [7, 11) is 0. The second kappa shape index (κ2) is 5.68. The summed E-state index contributed by atoms with van der Waals surface area (Å²) in [6.07, 6.45) is 0. The summed E-state index contributed by atoms with van der Waals surface area (Å²) in [4.78, 5) is 24.1. The number of nitrogens with zero attached hydrogens (tertiary/aromatic N) is 1. The Morgan fingerprint density at radius 2 is 1.82 bits per heavy atom. The maximum atomic E-state index is 11.7. The van der Waals surface area contributed by atoms with Crippen LogP contribution in [0.1, 0.15) is 11.1 Å². The van der Waals surface area contributed by atoms with Gasteiger partial charge in [-0.15, -0.1) is 11.6 Å². The third-order valence-electron chi connectivity index (χ3n) is 2.44. The molecule has 0 spiro atoms. The fraction of sp³-hybridized carbons (Fsp3) is 0.333. The van der Waals surface area contributed by atoms with Gasteiger partial charge in [0, 0.05) is 0 Å². The van der Waals surface area contributed by atoms with Gasteiger partial charge in [0.05, 0.1) is 5.69 Å². The van der Waals surface area contributed by atoms with Crippen LogP contribution in [0.5, 0.6) is 0 Å². The molecular formula is C12H15ClN2O2. The average molecular weight is 255 g/mol. The van der Waals surface area contributed by atoms with E-state index in [1.165, 1.54) is 4.90 Å². The number of anilines is 1. The quantitative estimate of drug-likeness (QED) is 0.825. The number of nitrogens with two attached hydrogens (primary N) is 1. The van der Waals surface area contributed by atoms with Crippen molar-refractivity contribution in [2.24, 2.45) is 5.73 Å². The van der Waals surface area contributed by atoms with Crippen molar-refractivity contribution in [1.29, 1.82) is 0 Å². The molecule has 0 bridgehead atoms. The van der Waals surface area contributed by atoms with E-state index in [2.05, 4.69) is 0 Å². The number of alkyl halides is 1. The van der Waals surface area contributed by atoms with E-state index in [1.54, 1.807) is 0 Å². The Balaban J connectivity index is 3.21. The van der Waals surface area contributed by atoms with Gasteiger partial charge in [0.15, 0.2) is 0 Å². The molecule has 0 heterocycles. The lowest BCUT2D eigenvalue weighted by atomic mass is 10.1. The van der Waals surface area contributed by atoms with E-state index in [0.717, 1.165) is 11.1 Å². The monoisotopic (exact) mass is 254 g/mol. The number of halogens is 1. The maximum Gasteiger partial charge on any atom is 0.242 e. The summed E-state index contributed by atoms with van der Waals surface area (Å²) in [6, 6.07) is 5.64. The van der Waals surface area contributed by atoms with Gasteiger partial charge in [-0.25, -0.2) is 0 Å². The van der Waals surface area contributed by atoms with Crippen LogP contribution in [0.3, 0.4) is 0 Å². The van der Waals surface area contributed by atoms with Crippen LogP contribution in [0.15, 0.2) is 18.2 Å². The summed E-state index contributed by atoms with van der Waals surface area (Å²) in [5.74, 6) is -1.07. The normalized spacial score (nSPS) is 10.1. The molecule has 0 radical (unpaired) electrons. The number of para-hydroxylation sites is 1. The molecule has 0 fully saturated rings. The lowest BCUT2D eigenvalue weighted by Crippen LogP contribution is -2.40. The second-order valence-corrected chi connectivity index (χ2v) is 4.09. The van der Waals surface area contributed by atoms with Crippen LogP contribution in [-0.2, 0) is 9.59 Å². The maximum absolute atomic E-state index is 11.7. The Kier molecular flexibility index (Phi) is 4.52. The molecule has 5 heteroatoms. The predicted octanol–water partition coefficient (Wildman–Crippen LogP) is 1.36. The highest BCUT2D eigenvalue weighted by Gasteiger charge is 2.20. The van der Waals surface area contributed by atoms with E-state index in [-0.39, 0.29) is 18.3 Å². The fourth-order valence-corrected chi connectivity index (χ4v) is 1.90. The van der Waals surface area contributed by atoms with Crippen molar-refractivity contribution >= 4 is 29.1 Å². The van der Waals surface area contributed by atoms with Gasteiger partial charge in [-0.2, -0.15) is 0 Å². The first kappa shape index (κ1) is 13.5. The molecule has 1 aromatic carbocycles. The Morgan fingerprint density at radius 3 is 2.24 bits per heavy atom. The van der Waals surface area contributed by atoms with Crippen molar-refractivity contribution in [3.05, 3.63) is 29.3 Å². The zero-order valence-electron chi connectivity index (χ0n) is 9.87. The van der Waals surface area contributed by atoms with Crippen LogP contribution in [0.2, 0.25) is 0 Å². The minimum absolute atomic E-state index is 0.156. The van der Waals surface area contributed by atoms with Gasteiger partial charge in [-0.1, -0.05) is 18.2 Å². The number of amides is 2. The Morgan fingerprint density at radius 1 is 1.29 bits per heavy atom. The number of carbonyl (C=O) groups excluding carboxylic acids is 2. The smallest absolute Gasteiger partial charge is 0.242 e. The molecule has 0 atom stereocenters. The molecule has 17 heavy (non-hydrogen) atoms. The largest absolute Gasteiger partial charge is 0.368 e. The minimum atomic E-state index is -0.564. The van der Waals surface area contributed by atoms with E-state index in [4.69, 9.17) is 17.3 Å². The van der Waals surface area contributed by atoms with Crippen LogP contribution in [0.25, 0.3) is 0 Å². The topological polar surface area (TPSA) is 63.4 Å². The molecule has 2 amide bonds. The molecule has 0 saturated heterocycles. The van der Waals surface area contributed by atoms with Crippen molar-refractivity contribution in [3.8, 4) is 0 Å². The Hall–Kier alpha value is -1.55. The molecule has 1 aromatic rings. The summed E-state index contributed by atoms with van der Waals surface area (Å²) in [5, 5.41) is 0. The Bertz CT molecular complexity index is 426. The first-order chi connectivity index (χ1) is 7.97. The van der Waals surface area contributed by atoms with Crippen LogP contribution < -0.4 is 10.6 Å². The second-order valence-electron chi connectivity index (χ2n) is 3.82. The van der Waals surface area contributed by atoms with Gasteiger partial charge in [0.25, 0.3) is 0 Å². The third-order valence-corrected chi connectivity index (χ3v) is 2.67. The van der Waals surface area contributed by atoms with Gasteiger partial charge in [0.1, 0.15) is 12.4 Å². The zero-order valence-corrected chi connectivity index (χ0v) is 10.6. The van der Waals surface area contributed by atoms with E-state index < -0.39 is 5.91 Å². The Labute approximate surface area is 105 Å². The van der Waals surface area contributed by atoms with Crippen molar-refractivity contribution in [2.75, 3.05) is 17.3 Å². The summed E-state index contributed by atoms with van der Waals surface area (Å²) in [6.45, 7) is 3.59. The number of benzene rings is 1. The molecule has 0 aliphatic carbocycles. The molecule has 0 unspecified atom stereocenters. The molecule has 1 rings (SSSR count). The summed E-state index contributed by atoms with van der Waals surface area (Å²) in [5.41, 5.74) is 7.67. The molecule has 0 aliphatic heterocycles. The average Bonchev–Trinajstić information content (AvgIpc) is 2.26. The number of aryl methyl sites for hydroxylation is 2. The van der Waals surface area contributed by atoms with Crippen molar-refractivity contribution in [1.82, 2.24) is 0 Å². The highest BCUT2D eigenvalue weighted by molar-refractivity contribution is 6.29. The van der Waals surface area contributed by atoms with Crippen LogP contribution in [-0.4, -0.2) is 24.2 Å². The van der Waals surface area contributed by atoms with Gasteiger partial charge < -0.3 is 10.6 Å². The molecule has 2 N–H and O–H groups in total. The van der Waals surface area contributed by atoms with Crippen molar-refractivity contribution in [2.45, 2.75) is 13.8 Å². The van der Waals surface area contributed by atoms with E-state index in [1.807, 2.05) is 32.0 Å². The van der Waals surface area contributed by atoms with Crippen LogP contribution >= 0.6 is 11.6 Å². The predicted molar refractivity (Wildman–Crippen MR) is 68.2 cm³/mol. The first-order valence-corrected chi connectivity index (χ1v) is 5.71. The lowest BCUT2D eigenvalue weighted by Gasteiger charge is -2.24. The van der Waals surface area contributed by atoms with E-state index >= 15 is 0 Å². The molecule has 92 valence electrons. The number of rotatable bonds is 4. The lowest BCUT2D eigenvalue weighted by molar-refractivity contribution is -0.121. The first-order valence-electron chi connectivity index (χ1n) is 5.18. The van der Waals surface area contributed by atoms with Crippen LogP contribution in [0.4, 0.5) is 5.69 Å². The summed E-state index contributed by atoms with van der Waals surface area (Å²) >= 11 is 5.54. The van der Waals surface area contributed by atoms with E-state index in [0.29, 0.717) is 5.69 Å². The summed E-state index contributed by atoms with van der Waals surface area (Å²) < 4.78 is 0. The SMILES string of the molecule is Cc1cccc(C)c1N(CC(N)=O)C(=O)CCl. The zero-order chi connectivity index (χ0) is 13.0. The highest BCUT2D eigenvalue weighted by atomic mass is 35.5. The van der Waals surface area contributed by atoms with Gasteiger partial charge >= 0.3 is 0 Å². The molecule has 0 aliphatic rings. The van der Waals surface area contributed by atoms with Crippen molar-refractivity contribution < 1.29 is 9.59 Å². The number of hydrogen-bond donors (Lipinski definition) is 1. The minimum Gasteiger partial charge on any atom is -0.368 e. The fourth-order valence-electron chi connectivity index (χ4n) is 1.75. The third kappa shape index (κ3) is 3.20. The standard InChI is InChI=1S/C12H15ClN2O2/c1-8-4-3-5-9(2)12(8)15(7-10(14)16)11(17)6-13/h3-5H,6-7H2,1-2H3,(H2,14,16). The van der Waals surface area contributed by atoms with Gasteiger partial charge in [-0.3, -0.25) is 9.59 Å². The molecule has 4 nitrogen and oxygen atoms in total. The number of primary amides is 1. The van der Waals surface area contributed by atoms with E-state index in [9.17, 15) is 9.59 Å². The van der Waals surface area contributed by atoms with Gasteiger partial charge in [-0.05, 0) is 25.0 Å².